The summed E-state index contributed by atoms with van der Waals surface area (Å²) >= 11 is 6.13. The van der Waals surface area contributed by atoms with Crippen molar-refractivity contribution in [3.63, 3.8) is 0 Å². The summed E-state index contributed by atoms with van der Waals surface area (Å²) in [5.74, 6) is -8.07. The highest BCUT2D eigenvalue weighted by Crippen LogP contribution is 2.53. The quantitative estimate of drug-likeness (QED) is 0.0489. The van der Waals surface area contributed by atoms with E-state index in [4.69, 9.17) is 130 Å². The van der Waals surface area contributed by atoms with Crippen molar-refractivity contribution < 1.29 is 179 Å². The zero-order valence-corrected chi connectivity index (χ0v) is 62.5. The molecule has 0 aromatic heterocycles. The van der Waals surface area contributed by atoms with Gasteiger partial charge in [-0.15, -0.1) is 0 Å². The number of aliphatic hydroxyl groups excluding tert-OH is 5. The number of aromatic hydroxyl groups is 4. The Morgan fingerprint density at radius 1 is 0.596 bits per heavy atom. The van der Waals surface area contributed by atoms with Crippen LogP contribution in [0, 0.1) is 24.0 Å². The third kappa shape index (κ3) is 15.2. The number of hydrogen-bond acceptors (Lipinski definition) is 38. The lowest BCUT2D eigenvalue weighted by Crippen LogP contribution is -2.68. The minimum atomic E-state index is -2.06. The van der Waals surface area contributed by atoms with E-state index in [-0.39, 0.29) is 67.5 Å². The van der Waals surface area contributed by atoms with Crippen molar-refractivity contribution in [2.24, 2.45) is 0 Å². The fourth-order valence-electron chi connectivity index (χ4n) is 16.8. The number of aliphatic hydroxyl groups is 5. The van der Waals surface area contributed by atoms with Crippen molar-refractivity contribution in [3.8, 4) is 23.0 Å². The standard InChI is InChI=1S/C69H96ClNO38/c1-24-14-31(72)16-32(73)41(24)60(81)98-37-22-92-69(59-53(37)90-23-91-59)106-38-21-89-62(46(78)52(38)107-69)104-64-55(87-12)45(77)51(36(99-64)20-85-10)102-63-47(79)54(50(86-11)27(4)95-63)103-65-56(80)67(9)58(30(7)96-65)108-68(109-67)18-34(75)48(28(5)105-68)100-39-17-35(97-40-19-66(8,71(83)84)57(88-13)29(6)94-40)49(26(3)93-39)101-61(82)42-25(2)15-33(74)43(70)44(42)76/h14-16,26-30,34-40,45-59,62-65,72-80H,17-23H2,1-13H3/t26-,27-,28-,29+,30-,34-,35-,36-,37-,38+,39+,40+,45+,46-,47-,48-,49-,50+,51-,52-,53+,54-,55+,56-,57+,58-,59-,62+,63+,64+,65+,66+,67-,68-,69?/m1/s1. The van der Waals surface area contributed by atoms with Crippen molar-refractivity contribution >= 4 is 23.5 Å². The Labute approximate surface area is 628 Å². The number of halogens is 1. The van der Waals surface area contributed by atoms with Crippen molar-refractivity contribution in [2.45, 2.75) is 295 Å². The van der Waals surface area contributed by atoms with Gasteiger partial charge in [0.2, 0.25) is 0 Å². The van der Waals surface area contributed by atoms with Gasteiger partial charge in [0.05, 0.1) is 69.3 Å². The minimum absolute atomic E-state index is 0.115. The highest BCUT2D eigenvalue weighted by Gasteiger charge is 2.70. The molecule has 35 atom stereocenters. The molecule has 1 unspecified atom stereocenters. The average Bonchev–Trinajstić information content (AvgIpc) is 1.57. The molecular weight excluding hydrogens is 1490 g/mol. The number of benzene rings is 2. The molecule has 11 fully saturated rings. The molecular formula is C69H96ClNO38. The maximum absolute atomic E-state index is 14.0. The number of hydrogen-bond donors (Lipinski definition) is 9. The number of rotatable bonds is 20. The summed E-state index contributed by atoms with van der Waals surface area (Å²) in [6, 6.07) is 3.45. The van der Waals surface area contributed by atoms with Gasteiger partial charge in [-0.25, -0.2) is 9.59 Å². The van der Waals surface area contributed by atoms with Gasteiger partial charge in [-0.3, -0.25) is 10.1 Å². The molecule has 0 aliphatic carbocycles. The molecule has 0 radical (unpaired) electrons. The molecule has 2 spiro atoms. The average molecular weight is 1580 g/mol. The van der Waals surface area contributed by atoms with Gasteiger partial charge >= 0.3 is 17.9 Å². The van der Waals surface area contributed by atoms with E-state index in [1.165, 1.54) is 68.3 Å². The number of fused-ring (bicyclic) bond motifs is 4. The fourth-order valence-corrected chi connectivity index (χ4v) is 17.0. The van der Waals surface area contributed by atoms with Crippen LogP contribution in [0.25, 0.3) is 0 Å². The second kappa shape index (κ2) is 32.1. The van der Waals surface area contributed by atoms with Gasteiger partial charge in [-0.2, -0.15) is 0 Å². The summed E-state index contributed by atoms with van der Waals surface area (Å²) in [5, 5.41) is 115. The van der Waals surface area contributed by atoms with Crippen LogP contribution >= 0.6 is 11.6 Å². The van der Waals surface area contributed by atoms with Crippen LogP contribution in [0.2, 0.25) is 5.02 Å². The lowest BCUT2D eigenvalue weighted by molar-refractivity contribution is -0.595. The normalized spacial score (nSPS) is 46.3. The van der Waals surface area contributed by atoms with Crippen molar-refractivity contribution in [1.82, 2.24) is 0 Å². The molecule has 13 rings (SSSR count). The molecule has 11 heterocycles. The van der Waals surface area contributed by atoms with E-state index in [0.717, 1.165) is 6.07 Å². The Balaban J connectivity index is 0.641. The van der Waals surface area contributed by atoms with Crippen LogP contribution in [0.1, 0.15) is 99.6 Å². The highest BCUT2D eigenvalue weighted by molar-refractivity contribution is 6.34. The molecule has 109 heavy (non-hydrogen) atoms. The van der Waals surface area contributed by atoms with Crippen molar-refractivity contribution in [2.75, 3.05) is 55.1 Å². The molecule has 11 aliphatic rings. The smallest absolute Gasteiger partial charge is 0.342 e. The number of phenols is 4. The summed E-state index contributed by atoms with van der Waals surface area (Å²) in [5.41, 5.74) is -3.63. The molecule has 0 amide bonds. The minimum Gasteiger partial charge on any atom is -0.508 e. The molecule has 2 aromatic rings. The number of esters is 2. The second-order valence-electron chi connectivity index (χ2n) is 29.6. The fraction of sp³-hybridized carbons (Fsp3) is 0.797. The van der Waals surface area contributed by atoms with Crippen molar-refractivity contribution in [1.29, 1.82) is 0 Å². The second-order valence-corrected chi connectivity index (χ2v) is 30.0. The number of aryl methyl sites for hydroxylation is 2. The van der Waals surface area contributed by atoms with E-state index < -0.39 is 259 Å². The topological polar surface area (TPSA) is 490 Å². The van der Waals surface area contributed by atoms with Gasteiger partial charge in [-0.05, 0) is 78.6 Å². The van der Waals surface area contributed by atoms with Gasteiger partial charge in [0.25, 0.3) is 11.5 Å². The van der Waals surface area contributed by atoms with Gasteiger partial charge in [0.1, 0.15) is 137 Å². The van der Waals surface area contributed by atoms with E-state index in [9.17, 15) is 65.7 Å². The first kappa shape index (κ1) is 82.1. The zero-order valence-electron chi connectivity index (χ0n) is 61.8. The Morgan fingerprint density at radius 2 is 1.28 bits per heavy atom. The number of carbonyl (C=O) groups excluding carboxylic acids is 2. The molecule has 9 N–H and O–H groups in total. The molecule has 612 valence electrons. The highest BCUT2D eigenvalue weighted by atomic mass is 35.5. The van der Waals surface area contributed by atoms with Crippen LogP contribution < -0.4 is 0 Å². The van der Waals surface area contributed by atoms with Crippen LogP contribution in [0.15, 0.2) is 18.2 Å². The Hall–Kier alpha value is -4.85. The third-order valence-electron chi connectivity index (χ3n) is 22.2. The van der Waals surface area contributed by atoms with Gasteiger partial charge in [0.15, 0.2) is 67.9 Å². The van der Waals surface area contributed by atoms with Gasteiger partial charge < -0.3 is 164 Å². The van der Waals surface area contributed by atoms with Gasteiger partial charge in [0, 0.05) is 52.8 Å². The predicted molar refractivity (Wildman–Crippen MR) is 353 cm³/mol. The zero-order chi connectivity index (χ0) is 78.6. The number of nitro groups is 1. The molecule has 11 saturated heterocycles. The van der Waals surface area contributed by atoms with Crippen LogP contribution in [0.4, 0.5) is 0 Å². The predicted octanol–water partition coefficient (Wildman–Crippen LogP) is 0.306. The molecule has 0 bridgehead atoms. The first-order chi connectivity index (χ1) is 51.6. The first-order valence-corrected chi connectivity index (χ1v) is 36.2. The van der Waals surface area contributed by atoms with E-state index in [1.807, 2.05) is 0 Å². The third-order valence-corrected chi connectivity index (χ3v) is 22.5. The van der Waals surface area contributed by atoms with E-state index in [1.54, 1.807) is 34.6 Å². The van der Waals surface area contributed by atoms with Crippen LogP contribution in [0.5, 0.6) is 23.0 Å². The molecule has 2 aromatic carbocycles. The van der Waals surface area contributed by atoms with Crippen LogP contribution in [0.3, 0.4) is 0 Å². The Kier molecular flexibility index (Phi) is 24.2. The Bertz CT molecular complexity index is 3550. The van der Waals surface area contributed by atoms with E-state index in [0.29, 0.717) is 0 Å². The lowest BCUT2D eigenvalue weighted by Gasteiger charge is -2.50. The largest absolute Gasteiger partial charge is 0.508 e. The number of methoxy groups -OCH3 is 4. The summed E-state index contributed by atoms with van der Waals surface area (Å²) in [6.45, 7) is 12.7. The molecule has 40 heteroatoms. The SMILES string of the molecule is COC[C@H]1O[C@@H](O[C@@H]2OC[C@@H]3OC4(OC[C@@H](OC(=O)c5c(C)cc(O)cc5O)[C@@H]5OCO[C@H]54)O[C@H]3[C@H]2O)[C@@H](OC)[C@@H](O)[C@@H]1O[C@@H]1O[C@H](C)[C@H](OC)[C@H](O[C@@H]2O[C@H](C)[C@H]3O[C@]4(C[C@@H](O)[C@H](O[C@H]5C[C@@H](O[C@H]6C[C@](C)([N+](=O)[O-])[C@@H](OC)[C@H](C)O6)[C@H](OC(=O)c6c(C)cc(O)c(Cl)c6O)[C@@H](C)O5)[C@@H](C)O4)O[C@]3(C)[C@@H]2O)[C@H]1O. The maximum Gasteiger partial charge on any atom is 0.342 e. The molecule has 0 saturated carbocycles. The number of ether oxygens (including phenoxy) is 25. The summed E-state index contributed by atoms with van der Waals surface area (Å²) in [6.07, 6.45) is -40.9. The van der Waals surface area contributed by atoms with Crippen LogP contribution in [-0.2, 0) is 118 Å². The lowest BCUT2D eigenvalue weighted by atomic mass is 9.85. The first-order valence-electron chi connectivity index (χ1n) is 35.8. The molecule has 11 aliphatic heterocycles. The Morgan fingerprint density at radius 3 is 1.97 bits per heavy atom. The molecule has 39 nitrogen and oxygen atoms in total. The summed E-state index contributed by atoms with van der Waals surface area (Å²) < 4.78 is 154. The number of nitrogens with zero attached hydrogens (tertiary/aromatic N) is 1. The van der Waals surface area contributed by atoms with Gasteiger partial charge in [-0.1, -0.05) is 11.6 Å². The van der Waals surface area contributed by atoms with E-state index in [2.05, 4.69) is 0 Å². The van der Waals surface area contributed by atoms with Crippen LogP contribution in [-0.4, -0.2) is 331 Å². The summed E-state index contributed by atoms with van der Waals surface area (Å²) in [7, 11) is 5.29. The monoisotopic (exact) mass is 1580 g/mol. The number of phenolic OH excluding ortho intramolecular Hbond substituents is 4. The van der Waals surface area contributed by atoms with Crippen molar-refractivity contribution in [3.05, 3.63) is 55.6 Å². The number of carbonyl (C=O) groups is 2. The van der Waals surface area contributed by atoms with E-state index >= 15 is 0 Å². The summed E-state index contributed by atoms with van der Waals surface area (Å²) in [4.78, 5) is 39.4. The maximum atomic E-state index is 14.0.